The molecule has 1 saturated heterocycles. The first-order chi connectivity index (χ1) is 18.5. The Labute approximate surface area is 232 Å². The van der Waals surface area contributed by atoms with Crippen LogP contribution in [0.4, 0.5) is 0 Å². The number of esters is 1. The number of ether oxygens (including phenoxy) is 3. The van der Waals surface area contributed by atoms with E-state index in [0.29, 0.717) is 24.5 Å². The van der Waals surface area contributed by atoms with E-state index in [1.165, 1.54) is 7.11 Å². The fourth-order valence-electron chi connectivity index (χ4n) is 4.99. The molecule has 7 heteroatoms. The SMILES string of the molecule is CCCCC(OCc1ccc(C(=O)N[C@@H](CCSC)C(=O)OC)c(-c2ccccc2C)c1)C1CCOCC1. The van der Waals surface area contributed by atoms with Gasteiger partial charge in [-0.25, -0.2) is 4.79 Å². The van der Waals surface area contributed by atoms with Gasteiger partial charge in [-0.05, 0) is 84.9 Å². The van der Waals surface area contributed by atoms with E-state index in [0.717, 1.165) is 73.3 Å². The topological polar surface area (TPSA) is 73.9 Å². The minimum absolute atomic E-state index is 0.209. The molecule has 208 valence electrons. The monoisotopic (exact) mass is 541 g/mol. The third-order valence-electron chi connectivity index (χ3n) is 7.26. The average molecular weight is 542 g/mol. The molecule has 1 fully saturated rings. The molecule has 2 aromatic rings. The standard InChI is InChI=1S/C31H43NO5S/c1-5-6-11-29(24-14-17-36-18-15-24)37-21-23-12-13-26(27(20-23)25-10-8-7-9-22(25)2)30(33)32-28(16-19-38-4)31(34)35-3/h7-10,12-13,20,24,28-29H,5-6,11,14-19,21H2,1-4H3,(H,32,33)/t28-,29?/m0/s1. The number of aryl methyl sites for hydroxylation is 1. The van der Waals surface area contributed by atoms with E-state index in [2.05, 4.69) is 18.3 Å². The molecule has 0 radical (unpaired) electrons. The third kappa shape index (κ3) is 8.58. The zero-order chi connectivity index (χ0) is 27.3. The number of nitrogens with one attached hydrogen (secondary N) is 1. The number of methoxy groups -OCH3 is 1. The number of hydrogen-bond acceptors (Lipinski definition) is 6. The van der Waals surface area contributed by atoms with Crippen LogP contribution in [0.5, 0.6) is 0 Å². The highest BCUT2D eigenvalue weighted by Gasteiger charge is 2.26. The van der Waals surface area contributed by atoms with E-state index in [-0.39, 0.29) is 12.0 Å². The van der Waals surface area contributed by atoms with Crippen LogP contribution in [0.3, 0.4) is 0 Å². The lowest BCUT2D eigenvalue weighted by molar-refractivity contribution is -0.142. The van der Waals surface area contributed by atoms with E-state index in [4.69, 9.17) is 14.2 Å². The molecule has 1 unspecified atom stereocenters. The maximum absolute atomic E-state index is 13.5. The van der Waals surface area contributed by atoms with Crippen molar-refractivity contribution < 1.29 is 23.8 Å². The van der Waals surface area contributed by atoms with Gasteiger partial charge in [-0.1, -0.05) is 50.1 Å². The largest absolute Gasteiger partial charge is 0.467 e. The lowest BCUT2D eigenvalue weighted by Gasteiger charge is -2.30. The highest BCUT2D eigenvalue weighted by Crippen LogP contribution is 2.30. The van der Waals surface area contributed by atoms with E-state index >= 15 is 0 Å². The Hall–Kier alpha value is -2.35. The number of carbonyl (C=O) groups excluding carboxylic acids is 2. The average Bonchev–Trinajstić information content (AvgIpc) is 2.95. The maximum atomic E-state index is 13.5. The molecule has 6 nitrogen and oxygen atoms in total. The summed E-state index contributed by atoms with van der Waals surface area (Å²) in [6.45, 7) is 6.36. The number of hydrogen-bond donors (Lipinski definition) is 1. The van der Waals surface area contributed by atoms with Crippen LogP contribution in [0.15, 0.2) is 42.5 Å². The van der Waals surface area contributed by atoms with Gasteiger partial charge in [0.25, 0.3) is 5.91 Å². The molecule has 1 aliphatic heterocycles. The summed E-state index contributed by atoms with van der Waals surface area (Å²) in [5, 5.41) is 2.91. The van der Waals surface area contributed by atoms with Gasteiger partial charge in [0.1, 0.15) is 6.04 Å². The van der Waals surface area contributed by atoms with Gasteiger partial charge >= 0.3 is 5.97 Å². The van der Waals surface area contributed by atoms with Crippen molar-refractivity contribution in [1.29, 1.82) is 0 Å². The second-order valence-electron chi connectivity index (χ2n) is 9.97. The Balaban J connectivity index is 1.86. The summed E-state index contributed by atoms with van der Waals surface area (Å²) in [4.78, 5) is 25.8. The zero-order valence-electron chi connectivity index (χ0n) is 23.3. The molecule has 0 aliphatic carbocycles. The van der Waals surface area contributed by atoms with Crippen LogP contribution in [0.25, 0.3) is 11.1 Å². The predicted molar refractivity (Wildman–Crippen MR) is 155 cm³/mol. The van der Waals surface area contributed by atoms with E-state index in [1.54, 1.807) is 11.8 Å². The molecule has 0 aromatic heterocycles. The first-order valence-corrected chi connectivity index (χ1v) is 15.1. The zero-order valence-corrected chi connectivity index (χ0v) is 24.1. The normalized spacial score (nSPS) is 15.6. The quantitative estimate of drug-likeness (QED) is 0.288. The van der Waals surface area contributed by atoms with Gasteiger partial charge < -0.3 is 19.5 Å². The van der Waals surface area contributed by atoms with Crippen LogP contribution in [-0.4, -0.2) is 56.4 Å². The molecule has 2 aromatic carbocycles. The maximum Gasteiger partial charge on any atom is 0.328 e. The van der Waals surface area contributed by atoms with Crippen molar-refractivity contribution in [2.45, 2.75) is 71.1 Å². The molecule has 38 heavy (non-hydrogen) atoms. The summed E-state index contributed by atoms with van der Waals surface area (Å²) in [7, 11) is 1.35. The third-order valence-corrected chi connectivity index (χ3v) is 7.91. The smallest absolute Gasteiger partial charge is 0.328 e. The molecule has 0 spiro atoms. The van der Waals surface area contributed by atoms with E-state index < -0.39 is 12.0 Å². The van der Waals surface area contributed by atoms with Crippen LogP contribution in [-0.2, 0) is 25.6 Å². The van der Waals surface area contributed by atoms with Gasteiger partial charge in [-0.3, -0.25) is 4.79 Å². The van der Waals surface area contributed by atoms with Gasteiger partial charge in [-0.2, -0.15) is 11.8 Å². The molecule has 0 bridgehead atoms. The summed E-state index contributed by atoms with van der Waals surface area (Å²) >= 11 is 1.63. The van der Waals surface area contributed by atoms with Crippen LogP contribution in [0, 0.1) is 12.8 Å². The molecule has 0 saturated carbocycles. The van der Waals surface area contributed by atoms with Gasteiger partial charge in [0, 0.05) is 18.8 Å². The Bertz CT molecular complexity index is 1040. The molecule has 1 N–H and O–H groups in total. The second kappa shape index (κ2) is 15.9. The minimum atomic E-state index is -0.688. The molecule has 1 amide bonds. The summed E-state index contributed by atoms with van der Waals surface area (Å²) in [6, 6.07) is 13.2. The minimum Gasteiger partial charge on any atom is -0.467 e. The molecule has 3 rings (SSSR count). The van der Waals surface area contributed by atoms with E-state index in [9.17, 15) is 9.59 Å². The lowest BCUT2D eigenvalue weighted by Crippen LogP contribution is -2.42. The van der Waals surface area contributed by atoms with Crippen LogP contribution in [0.2, 0.25) is 0 Å². The Morgan fingerprint density at radius 3 is 2.55 bits per heavy atom. The van der Waals surface area contributed by atoms with Gasteiger partial charge in [0.15, 0.2) is 0 Å². The van der Waals surface area contributed by atoms with E-state index in [1.807, 2.05) is 49.6 Å². The molecular formula is C31H43NO5S. The fraction of sp³-hybridized carbons (Fsp3) is 0.548. The highest BCUT2D eigenvalue weighted by atomic mass is 32.2. The number of amides is 1. The summed E-state index contributed by atoms with van der Waals surface area (Å²) in [5.41, 5.74) is 4.47. The predicted octanol–water partition coefficient (Wildman–Crippen LogP) is 6.19. The number of benzene rings is 2. The summed E-state index contributed by atoms with van der Waals surface area (Å²) in [5.74, 6) is 0.553. The van der Waals surface area contributed by atoms with Crippen molar-refractivity contribution in [2.24, 2.45) is 5.92 Å². The van der Waals surface area contributed by atoms with Crippen molar-refractivity contribution >= 4 is 23.6 Å². The molecule has 1 heterocycles. The van der Waals surface area contributed by atoms with Crippen LogP contribution in [0.1, 0.15) is 66.9 Å². The van der Waals surface area contributed by atoms with Crippen molar-refractivity contribution in [1.82, 2.24) is 5.32 Å². The second-order valence-corrected chi connectivity index (χ2v) is 11.0. The first kappa shape index (κ1) is 30.2. The Morgan fingerprint density at radius 2 is 1.87 bits per heavy atom. The molecule has 1 aliphatic rings. The first-order valence-electron chi connectivity index (χ1n) is 13.7. The van der Waals surface area contributed by atoms with Crippen molar-refractivity contribution in [2.75, 3.05) is 32.3 Å². The number of rotatable bonds is 14. The molecule has 2 atom stereocenters. The van der Waals surface area contributed by atoms with Gasteiger partial charge in [0.2, 0.25) is 0 Å². The van der Waals surface area contributed by atoms with Crippen LogP contribution < -0.4 is 5.32 Å². The summed E-state index contributed by atoms with van der Waals surface area (Å²) < 4.78 is 17.0. The highest BCUT2D eigenvalue weighted by molar-refractivity contribution is 7.98. The van der Waals surface area contributed by atoms with Gasteiger partial charge in [0.05, 0.1) is 19.8 Å². The van der Waals surface area contributed by atoms with Gasteiger partial charge in [-0.15, -0.1) is 0 Å². The number of unbranched alkanes of at least 4 members (excludes halogenated alkanes) is 1. The fourth-order valence-corrected chi connectivity index (χ4v) is 5.46. The molecular weight excluding hydrogens is 498 g/mol. The number of thioether (sulfide) groups is 1. The Morgan fingerprint density at radius 1 is 1.11 bits per heavy atom. The van der Waals surface area contributed by atoms with Crippen LogP contribution >= 0.6 is 11.8 Å². The van der Waals surface area contributed by atoms with Crippen molar-refractivity contribution in [3.63, 3.8) is 0 Å². The Kier molecular flexibility index (Phi) is 12.6. The summed E-state index contributed by atoms with van der Waals surface area (Å²) in [6.07, 6.45) is 8.12. The van der Waals surface area contributed by atoms with Crippen molar-refractivity contribution in [3.8, 4) is 11.1 Å². The van der Waals surface area contributed by atoms with Crippen molar-refractivity contribution in [3.05, 3.63) is 59.2 Å². The lowest BCUT2D eigenvalue weighted by atomic mass is 9.90. The number of carbonyl (C=O) groups is 2.